The van der Waals surface area contributed by atoms with Crippen molar-refractivity contribution in [1.82, 2.24) is 10.2 Å². The molecule has 0 radical (unpaired) electrons. The summed E-state index contributed by atoms with van der Waals surface area (Å²) < 4.78 is 0. The number of benzene rings is 3. The largest absolute Gasteiger partial charge is 0.508 e. The fourth-order valence-corrected chi connectivity index (χ4v) is 3.29. The molecule has 0 aliphatic carbocycles. The van der Waals surface area contributed by atoms with Crippen LogP contribution in [0.1, 0.15) is 36.6 Å². The number of nitrogens with two attached hydrogens (primary N) is 1. The normalized spacial score (nSPS) is 10.4. The van der Waals surface area contributed by atoms with E-state index >= 15 is 0 Å². The summed E-state index contributed by atoms with van der Waals surface area (Å²) in [6.45, 7) is 0.383. The number of nitrogens with zero attached hydrogens (tertiary/aromatic N) is 1. The van der Waals surface area contributed by atoms with Gasteiger partial charge in [0.1, 0.15) is 23.4 Å². The fourth-order valence-electron chi connectivity index (χ4n) is 3.29. The summed E-state index contributed by atoms with van der Waals surface area (Å²) in [6, 6.07) is 19.8. The van der Waals surface area contributed by atoms with Crippen LogP contribution in [0, 0.1) is 0 Å². The maximum Gasteiger partial charge on any atom is 0.256 e. The van der Waals surface area contributed by atoms with E-state index in [2.05, 4.69) is 26.1 Å². The van der Waals surface area contributed by atoms with Crippen LogP contribution >= 0.6 is 0 Å². The number of carbonyl (C=O) groups is 3. The summed E-state index contributed by atoms with van der Waals surface area (Å²) >= 11 is 0. The first kappa shape index (κ1) is 23.1. The van der Waals surface area contributed by atoms with E-state index in [1.165, 1.54) is 0 Å². The molecule has 0 atom stereocenters. The van der Waals surface area contributed by atoms with Crippen molar-refractivity contribution in [3.63, 3.8) is 0 Å². The Labute approximate surface area is 200 Å². The second-order valence-corrected chi connectivity index (χ2v) is 7.60. The zero-order valence-electron chi connectivity index (χ0n) is 18.4. The predicted molar refractivity (Wildman–Crippen MR) is 132 cm³/mol. The number of rotatable bonds is 9. The zero-order chi connectivity index (χ0) is 24.8. The molecule has 0 fully saturated rings. The molecule has 0 bridgehead atoms. The average Bonchev–Trinajstić information content (AvgIpc) is 3.27. The molecule has 0 aliphatic heterocycles. The van der Waals surface area contributed by atoms with Crippen LogP contribution < -0.4 is 21.7 Å². The molecule has 0 aliphatic rings. The lowest BCUT2D eigenvalue weighted by Gasteiger charge is -2.09. The number of anilines is 4. The van der Waals surface area contributed by atoms with Crippen molar-refractivity contribution in [3.05, 3.63) is 95.1 Å². The van der Waals surface area contributed by atoms with Gasteiger partial charge < -0.3 is 26.8 Å². The summed E-state index contributed by atoms with van der Waals surface area (Å²) in [5.74, 6) is -0.205. The van der Waals surface area contributed by atoms with Crippen molar-refractivity contribution in [2.75, 3.05) is 16.0 Å². The summed E-state index contributed by atoms with van der Waals surface area (Å²) in [6.07, 6.45) is 0.713. The Bertz CT molecular complexity index is 1350. The van der Waals surface area contributed by atoms with Crippen molar-refractivity contribution in [2.45, 2.75) is 6.54 Å². The van der Waals surface area contributed by atoms with Gasteiger partial charge in [-0.2, -0.15) is 5.10 Å². The Morgan fingerprint density at radius 1 is 0.943 bits per heavy atom. The molecular weight excluding hydrogens is 448 g/mol. The van der Waals surface area contributed by atoms with Crippen molar-refractivity contribution in [1.29, 1.82) is 0 Å². The van der Waals surface area contributed by atoms with Gasteiger partial charge in [0.2, 0.25) is 0 Å². The van der Waals surface area contributed by atoms with Gasteiger partial charge in [-0.3, -0.25) is 19.5 Å². The second-order valence-electron chi connectivity index (χ2n) is 7.60. The average molecular weight is 470 g/mol. The van der Waals surface area contributed by atoms with E-state index in [0.717, 1.165) is 5.56 Å². The molecular formula is C25H22N6O4. The highest BCUT2D eigenvalue weighted by molar-refractivity contribution is 6.05. The Kier molecular flexibility index (Phi) is 6.73. The topological polar surface area (TPSA) is 162 Å². The molecule has 1 aromatic heterocycles. The maximum atomic E-state index is 12.4. The molecule has 0 spiro atoms. The molecule has 176 valence electrons. The zero-order valence-corrected chi connectivity index (χ0v) is 18.4. The third-order valence-electron chi connectivity index (χ3n) is 5.13. The van der Waals surface area contributed by atoms with Gasteiger partial charge in [-0.05, 0) is 54.1 Å². The highest BCUT2D eigenvalue weighted by Crippen LogP contribution is 2.26. The van der Waals surface area contributed by atoms with E-state index in [1.54, 1.807) is 72.8 Å². The van der Waals surface area contributed by atoms with Crippen LogP contribution in [0.3, 0.4) is 0 Å². The van der Waals surface area contributed by atoms with Crippen molar-refractivity contribution < 1.29 is 19.5 Å². The number of hydrogen-bond acceptors (Lipinski definition) is 7. The number of nitrogens with one attached hydrogen (secondary N) is 4. The molecule has 4 rings (SSSR count). The van der Waals surface area contributed by atoms with Crippen molar-refractivity contribution in [2.24, 2.45) is 5.73 Å². The van der Waals surface area contributed by atoms with Crippen LogP contribution in [0.4, 0.5) is 23.0 Å². The molecule has 2 amide bonds. The Balaban J connectivity index is 1.42. The van der Waals surface area contributed by atoms with Gasteiger partial charge in [0.15, 0.2) is 5.82 Å². The standard InChI is InChI=1S/C25H22N6O4/c26-22(34)21-23(27-13-15-3-11-20(33)12-4-15)30-31-24(21)28-18-7-9-19(10-8-18)29-25(35)17-5-1-16(14-32)2-6-17/h1-12,14,33H,13H2,(H2,26,34)(H,29,35)(H3,27,28,30,31). The Morgan fingerprint density at radius 2 is 1.60 bits per heavy atom. The van der Waals surface area contributed by atoms with E-state index in [0.29, 0.717) is 41.2 Å². The lowest BCUT2D eigenvalue weighted by Crippen LogP contribution is -2.15. The van der Waals surface area contributed by atoms with Crippen LogP contribution in [0.2, 0.25) is 0 Å². The molecule has 7 N–H and O–H groups in total. The van der Waals surface area contributed by atoms with E-state index in [4.69, 9.17) is 5.73 Å². The number of amides is 2. The number of aromatic hydroxyl groups is 1. The van der Waals surface area contributed by atoms with Gasteiger partial charge in [-0.1, -0.05) is 24.3 Å². The number of H-pyrrole nitrogens is 1. The monoisotopic (exact) mass is 470 g/mol. The number of hydrogen-bond donors (Lipinski definition) is 6. The number of phenols is 1. The number of aldehydes is 1. The summed E-state index contributed by atoms with van der Waals surface area (Å²) in [4.78, 5) is 35.2. The van der Waals surface area contributed by atoms with E-state index in [-0.39, 0.29) is 23.0 Å². The van der Waals surface area contributed by atoms with E-state index < -0.39 is 5.91 Å². The van der Waals surface area contributed by atoms with Gasteiger partial charge in [-0.15, -0.1) is 0 Å². The molecule has 0 saturated carbocycles. The Hall–Kier alpha value is -5.12. The molecule has 3 aromatic carbocycles. The van der Waals surface area contributed by atoms with Gasteiger partial charge in [-0.25, -0.2) is 0 Å². The molecule has 10 heteroatoms. The van der Waals surface area contributed by atoms with Gasteiger partial charge >= 0.3 is 0 Å². The van der Waals surface area contributed by atoms with Crippen molar-refractivity contribution >= 4 is 41.1 Å². The van der Waals surface area contributed by atoms with Crippen LogP contribution in [0.25, 0.3) is 0 Å². The quantitative estimate of drug-likeness (QED) is 0.203. The van der Waals surface area contributed by atoms with E-state index in [1.807, 2.05) is 0 Å². The van der Waals surface area contributed by atoms with Gasteiger partial charge in [0.05, 0.1) is 0 Å². The molecule has 0 unspecified atom stereocenters. The molecule has 0 saturated heterocycles. The van der Waals surface area contributed by atoms with Gasteiger partial charge in [0.25, 0.3) is 11.8 Å². The van der Waals surface area contributed by atoms with Gasteiger partial charge in [0, 0.05) is 29.0 Å². The number of phenolic OH excluding ortho intramolecular Hbond substituents is 1. The summed E-state index contributed by atoms with van der Waals surface area (Å²) in [5.41, 5.74) is 8.73. The predicted octanol–water partition coefficient (Wildman–Crippen LogP) is 3.63. The summed E-state index contributed by atoms with van der Waals surface area (Å²) in [7, 11) is 0. The number of carbonyl (C=O) groups excluding carboxylic acids is 3. The lowest BCUT2D eigenvalue weighted by atomic mass is 10.1. The first-order chi connectivity index (χ1) is 16.9. The van der Waals surface area contributed by atoms with Crippen molar-refractivity contribution in [3.8, 4) is 5.75 Å². The van der Waals surface area contributed by atoms with E-state index in [9.17, 15) is 19.5 Å². The Morgan fingerprint density at radius 3 is 2.23 bits per heavy atom. The number of aromatic amines is 1. The highest BCUT2D eigenvalue weighted by atomic mass is 16.3. The maximum absolute atomic E-state index is 12.4. The lowest BCUT2D eigenvalue weighted by molar-refractivity contribution is 0.0998. The minimum Gasteiger partial charge on any atom is -0.508 e. The summed E-state index contributed by atoms with van der Waals surface area (Å²) in [5, 5.41) is 25.2. The molecule has 10 nitrogen and oxygen atoms in total. The van der Waals surface area contributed by atoms with Crippen LogP contribution in [0.15, 0.2) is 72.8 Å². The third-order valence-corrected chi connectivity index (χ3v) is 5.13. The minimum atomic E-state index is -0.668. The van der Waals surface area contributed by atoms with Crippen LogP contribution in [-0.4, -0.2) is 33.4 Å². The minimum absolute atomic E-state index is 0.165. The fraction of sp³-hybridized carbons (Fsp3) is 0.0400. The van der Waals surface area contributed by atoms with Crippen LogP contribution in [0.5, 0.6) is 5.75 Å². The highest BCUT2D eigenvalue weighted by Gasteiger charge is 2.18. The number of aromatic nitrogens is 2. The van der Waals surface area contributed by atoms with Crippen LogP contribution in [-0.2, 0) is 6.54 Å². The molecule has 4 aromatic rings. The second kappa shape index (κ2) is 10.2. The smallest absolute Gasteiger partial charge is 0.256 e. The molecule has 1 heterocycles. The SMILES string of the molecule is NC(=O)c1c(Nc2ccc(NC(=O)c3ccc(C=O)cc3)cc2)n[nH]c1NCc1ccc(O)cc1. The number of primary amides is 1. The first-order valence-corrected chi connectivity index (χ1v) is 10.6. The first-order valence-electron chi connectivity index (χ1n) is 10.6. The third kappa shape index (κ3) is 5.63. The molecule has 35 heavy (non-hydrogen) atoms.